The van der Waals surface area contributed by atoms with E-state index in [4.69, 9.17) is 16.3 Å². The topological polar surface area (TPSA) is 73.2 Å². The Labute approximate surface area is 200 Å². The van der Waals surface area contributed by atoms with Crippen LogP contribution >= 0.6 is 22.9 Å². The summed E-state index contributed by atoms with van der Waals surface area (Å²) in [6.45, 7) is 5.95. The van der Waals surface area contributed by atoms with E-state index in [1.54, 1.807) is 12.1 Å². The van der Waals surface area contributed by atoms with Crippen molar-refractivity contribution in [2.24, 2.45) is 0 Å². The highest BCUT2D eigenvalue weighted by molar-refractivity contribution is 7.17. The van der Waals surface area contributed by atoms with Crippen molar-refractivity contribution in [3.63, 3.8) is 0 Å². The maximum atomic E-state index is 13.3. The molecule has 2 aromatic heterocycles. The van der Waals surface area contributed by atoms with Gasteiger partial charge in [0.15, 0.2) is 0 Å². The monoisotopic (exact) mass is 481 g/mol. The quantitative estimate of drug-likeness (QED) is 0.374. The molecule has 0 radical (unpaired) electrons. The van der Waals surface area contributed by atoms with E-state index in [1.807, 2.05) is 24.4 Å². The second kappa shape index (κ2) is 9.37. The van der Waals surface area contributed by atoms with Crippen LogP contribution in [0.2, 0.25) is 5.02 Å². The Kier molecular flexibility index (Phi) is 6.54. The van der Waals surface area contributed by atoms with Crippen molar-refractivity contribution in [2.75, 3.05) is 12.4 Å². The molecule has 4 rings (SSSR count). The van der Waals surface area contributed by atoms with Gasteiger partial charge in [-0.3, -0.25) is 14.2 Å². The summed E-state index contributed by atoms with van der Waals surface area (Å²) in [6.07, 6.45) is 1.41. The molecule has 2 aromatic carbocycles. The van der Waals surface area contributed by atoms with Gasteiger partial charge in [0.2, 0.25) is 5.91 Å². The average molecular weight is 482 g/mol. The Morgan fingerprint density at radius 2 is 1.97 bits per heavy atom. The molecule has 0 bridgehead atoms. The number of aromatic nitrogens is 2. The summed E-state index contributed by atoms with van der Waals surface area (Å²) in [5, 5.41) is 5.81. The Balaban J connectivity index is 1.64. The number of carbonyl (C=O) groups is 1. The number of hydrogen-bond donors (Lipinski definition) is 1. The van der Waals surface area contributed by atoms with E-state index in [0.717, 1.165) is 16.7 Å². The largest absolute Gasteiger partial charge is 0.495 e. The lowest BCUT2D eigenvalue weighted by Gasteiger charge is -2.13. The van der Waals surface area contributed by atoms with E-state index in [1.165, 1.54) is 34.9 Å². The molecule has 6 nitrogen and oxygen atoms in total. The minimum atomic E-state index is -0.365. The standard InChI is InChI=1S/C25H24ClN3O3S/c1-14(2)16-5-7-17(8-6-16)18-12-33-24-23(18)25(31)29(13-27-24)11-22(30)28-20-9-15(3)19(26)10-21(20)32-4/h5-10,12-14H,11H2,1-4H3,(H,28,30). The number of rotatable bonds is 6. The highest BCUT2D eigenvalue weighted by atomic mass is 35.5. The highest BCUT2D eigenvalue weighted by Gasteiger charge is 2.16. The van der Waals surface area contributed by atoms with E-state index in [9.17, 15) is 9.59 Å². The summed E-state index contributed by atoms with van der Waals surface area (Å²) in [5.41, 5.74) is 4.06. The Hall–Kier alpha value is -3.16. The van der Waals surface area contributed by atoms with Crippen LogP contribution in [0.5, 0.6) is 5.75 Å². The fourth-order valence-electron chi connectivity index (χ4n) is 3.61. The van der Waals surface area contributed by atoms with Gasteiger partial charge in [-0.1, -0.05) is 49.7 Å². The van der Waals surface area contributed by atoms with Gasteiger partial charge in [0, 0.05) is 22.0 Å². The molecule has 0 saturated heterocycles. The smallest absolute Gasteiger partial charge is 0.263 e. The number of benzene rings is 2. The van der Waals surface area contributed by atoms with Gasteiger partial charge >= 0.3 is 0 Å². The fraction of sp³-hybridized carbons (Fsp3) is 0.240. The first kappa shape index (κ1) is 23.0. The van der Waals surface area contributed by atoms with E-state index in [-0.39, 0.29) is 18.0 Å². The molecule has 1 amide bonds. The SMILES string of the molecule is COc1cc(Cl)c(C)cc1NC(=O)Cn1cnc2scc(-c3ccc(C(C)C)cc3)c2c1=O. The number of carbonyl (C=O) groups excluding carboxylic acids is 1. The van der Waals surface area contributed by atoms with Crippen molar-refractivity contribution in [3.05, 3.63) is 74.6 Å². The minimum absolute atomic E-state index is 0.172. The van der Waals surface area contributed by atoms with Crippen molar-refractivity contribution in [1.29, 1.82) is 0 Å². The highest BCUT2D eigenvalue weighted by Crippen LogP contribution is 2.32. The first-order valence-electron chi connectivity index (χ1n) is 10.5. The molecular weight excluding hydrogens is 458 g/mol. The normalized spacial score (nSPS) is 11.2. The van der Waals surface area contributed by atoms with Crippen molar-refractivity contribution < 1.29 is 9.53 Å². The molecule has 170 valence electrons. The van der Waals surface area contributed by atoms with Gasteiger partial charge in [0.1, 0.15) is 17.1 Å². The zero-order chi connectivity index (χ0) is 23.7. The molecule has 4 aromatic rings. The van der Waals surface area contributed by atoms with Crippen LogP contribution in [0, 0.1) is 6.92 Å². The Morgan fingerprint density at radius 3 is 2.64 bits per heavy atom. The molecule has 2 heterocycles. The van der Waals surface area contributed by atoms with Crippen molar-refractivity contribution in [1.82, 2.24) is 9.55 Å². The lowest BCUT2D eigenvalue weighted by Crippen LogP contribution is -2.28. The third-order valence-electron chi connectivity index (χ3n) is 5.52. The maximum absolute atomic E-state index is 13.3. The number of nitrogens with one attached hydrogen (secondary N) is 1. The number of fused-ring (bicyclic) bond motifs is 1. The minimum Gasteiger partial charge on any atom is -0.495 e. The zero-order valence-corrected chi connectivity index (χ0v) is 20.4. The van der Waals surface area contributed by atoms with Crippen LogP contribution in [0.25, 0.3) is 21.3 Å². The molecule has 33 heavy (non-hydrogen) atoms. The number of amides is 1. The van der Waals surface area contributed by atoms with Crippen molar-refractivity contribution >= 4 is 44.7 Å². The predicted molar refractivity (Wildman–Crippen MR) is 135 cm³/mol. The van der Waals surface area contributed by atoms with Crippen LogP contribution in [0.1, 0.15) is 30.9 Å². The van der Waals surface area contributed by atoms with Crippen LogP contribution in [-0.2, 0) is 11.3 Å². The van der Waals surface area contributed by atoms with E-state index >= 15 is 0 Å². The number of nitrogens with zero attached hydrogens (tertiary/aromatic N) is 2. The van der Waals surface area contributed by atoms with Crippen LogP contribution in [0.4, 0.5) is 5.69 Å². The average Bonchev–Trinajstić information content (AvgIpc) is 3.23. The van der Waals surface area contributed by atoms with Crippen LogP contribution in [0.15, 0.2) is 52.9 Å². The van der Waals surface area contributed by atoms with Gasteiger partial charge in [-0.15, -0.1) is 11.3 Å². The molecule has 0 aliphatic rings. The number of halogens is 1. The van der Waals surface area contributed by atoms with Gasteiger partial charge in [-0.05, 0) is 35.6 Å². The van der Waals surface area contributed by atoms with Crippen LogP contribution < -0.4 is 15.6 Å². The van der Waals surface area contributed by atoms with Gasteiger partial charge < -0.3 is 10.1 Å². The van der Waals surface area contributed by atoms with Gasteiger partial charge in [-0.25, -0.2) is 4.98 Å². The van der Waals surface area contributed by atoms with E-state index < -0.39 is 0 Å². The number of hydrogen-bond acceptors (Lipinski definition) is 5. The molecule has 0 aliphatic heterocycles. The summed E-state index contributed by atoms with van der Waals surface area (Å²) < 4.78 is 6.64. The lowest BCUT2D eigenvalue weighted by atomic mass is 9.99. The second-order valence-corrected chi connectivity index (χ2v) is 9.40. The number of ether oxygens (including phenoxy) is 1. The molecule has 0 saturated carbocycles. The molecule has 0 unspecified atom stereocenters. The third-order valence-corrected chi connectivity index (χ3v) is 6.81. The molecular formula is C25H24ClN3O3S. The first-order chi connectivity index (χ1) is 15.8. The fourth-order valence-corrected chi connectivity index (χ4v) is 4.67. The zero-order valence-electron chi connectivity index (χ0n) is 18.8. The van der Waals surface area contributed by atoms with Crippen molar-refractivity contribution in [2.45, 2.75) is 33.2 Å². The summed E-state index contributed by atoms with van der Waals surface area (Å²) in [5.74, 6) is 0.514. The third kappa shape index (κ3) is 4.65. The van der Waals surface area contributed by atoms with E-state index in [0.29, 0.717) is 32.6 Å². The molecule has 8 heteroatoms. The number of anilines is 1. The molecule has 1 N–H and O–H groups in total. The van der Waals surface area contributed by atoms with E-state index in [2.05, 4.69) is 36.3 Å². The van der Waals surface area contributed by atoms with Gasteiger partial charge in [0.05, 0.1) is 24.5 Å². The summed E-state index contributed by atoms with van der Waals surface area (Å²) in [4.78, 5) is 31.1. The summed E-state index contributed by atoms with van der Waals surface area (Å²) in [6, 6.07) is 11.6. The summed E-state index contributed by atoms with van der Waals surface area (Å²) >= 11 is 7.56. The Bertz CT molecular complexity index is 1390. The summed E-state index contributed by atoms with van der Waals surface area (Å²) in [7, 11) is 1.50. The molecule has 0 atom stereocenters. The van der Waals surface area contributed by atoms with Gasteiger partial charge in [-0.2, -0.15) is 0 Å². The van der Waals surface area contributed by atoms with Crippen LogP contribution in [0.3, 0.4) is 0 Å². The maximum Gasteiger partial charge on any atom is 0.263 e. The predicted octanol–water partition coefficient (Wildman–Crippen LogP) is 5.86. The van der Waals surface area contributed by atoms with Crippen LogP contribution in [-0.4, -0.2) is 22.6 Å². The first-order valence-corrected chi connectivity index (χ1v) is 11.7. The Morgan fingerprint density at radius 1 is 1.24 bits per heavy atom. The number of thiophene rings is 1. The number of methoxy groups -OCH3 is 1. The lowest BCUT2D eigenvalue weighted by molar-refractivity contribution is -0.116. The molecule has 0 spiro atoms. The van der Waals surface area contributed by atoms with Crippen molar-refractivity contribution in [3.8, 4) is 16.9 Å². The number of aryl methyl sites for hydroxylation is 1. The second-order valence-electron chi connectivity index (χ2n) is 8.13. The van der Waals surface area contributed by atoms with Gasteiger partial charge in [0.25, 0.3) is 5.56 Å². The molecule has 0 fully saturated rings. The molecule has 0 aliphatic carbocycles.